The molecule has 0 bridgehead atoms. The molecule has 0 radical (unpaired) electrons. The summed E-state index contributed by atoms with van der Waals surface area (Å²) >= 11 is 0. The SMILES string of the molecule is CN(C)c1ncnc2c1ncn2[C@H]1CN(Cc2ccco2)C[C@@H](CO)O1. The van der Waals surface area contributed by atoms with Gasteiger partial charge in [0, 0.05) is 27.2 Å². The van der Waals surface area contributed by atoms with Gasteiger partial charge in [-0.3, -0.25) is 9.47 Å². The molecule has 9 nitrogen and oxygen atoms in total. The maximum atomic E-state index is 9.65. The molecule has 4 rings (SSSR count). The second-order valence-corrected chi connectivity index (χ2v) is 6.58. The Hall–Kier alpha value is -2.49. The fourth-order valence-electron chi connectivity index (χ4n) is 3.28. The highest BCUT2D eigenvalue weighted by molar-refractivity contribution is 5.83. The number of anilines is 1. The quantitative estimate of drug-likeness (QED) is 0.718. The summed E-state index contributed by atoms with van der Waals surface area (Å²) in [7, 11) is 3.84. The molecule has 0 unspecified atom stereocenters. The maximum absolute atomic E-state index is 9.65. The van der Waals surface area contributed by atoms with Gasteiger partial charge in [-0.05, 0) is 12.1 Å². The number of aliphatic hydroxyl groups is 1. The van der Waals surface area contributed by atoms with Crippen molar-refractivity contribution >= 4 is 17.0 Å². The van der Waals surface area contributed by atoms with Crippen LogP contribution in [0, 0.1) is 0 Å². The Morgan fingerprint density at radius 2 is 2.15 bits per heavy atom. The van der Waals surface area contributed by atoms with Crippen LogP contribution >= 0.6 is 0 Å². The summed E-state index contributed by atoms with van der Waals surface area (Å²) in [4.78, 5) is 17.3. The van der Waals surface area contributed by atoms with Gasteiger partial charge in [0.2, 0.25) is 0 Å². The number of ether oxygens (including phenoxy) is 1. The van der Waals surface area contributed by atoms with Gasteiger partial charge in [0.1, 0.15) is 18.3 Å². The molecular weight excluding hydrogens is 336 g/mol. The van der Waals surface area contributed by atoms with E-state index in [1.807, 2.05) is 35.7 Å². The topological polar surface area (TPSA) is 92.7 Å². The fraction of sp³-hybridized carbons (Fsp3) is 0.471. The molecule has 0 amide bonds. The maximum Gasteiger partial charge on any atom is 0.167 e. The molecule has 1 N–H and O–H groups in total. The van der Waals surface area contributed by atoms with E-state index in [0.717, 1.165) is 17.1 Å². The van der Waals surface area contributed by atoms with Crippen LogP contribution in [0.2, 0.25) is 0 Å². The van der Waals surface area contributed by atoms with Crippen LogP contribution in [0.25, 0.3) is 11.2 Å². The molecule has 0 aromatic carbocycles. The summed E-state index contributed by atoms with van der Waals surface area (Å²) in [5, 5.41) is 9.65. The van der Waals surface area contributed by atoms with E-state index in [1.54, 1.807) is 12.6 Å². The molecule has 26 heavy (non-hydrogen) atoms. The summed E-state index contributed by atoms with van der Waals surface area (Å²) in [6.45, 7) is 1.89. The Morgan fingerprint density at radius 1 is 1.27 bits per heavy atom. The van der Waals surface area contributed by atoms with E-state index < -0.39 is 0 Å². The highest BCUT2D eigenvalue weighted by atomic mass is 16.5. The summed E-state index contributed by atoms with van der Waals surface area (Å²) in [6.07, 6.45) is 4.34. The molecule has 9 heteroatoms. The lowest BCUT2D eigenvalue weighted by Gasteiger charge is -2.37. The van der Waals surface area contributed by atoms with Crippen LogP contribution in [0.1, 0.15) is 12.0 Å². The Morgan fingerprint density at radius 3 is 2.88 bits per heavy atom. The van der Waals surface area contributed by atoms with Gasteiger partial charge in [0.05, 0.1) is 31.8 Å². The Kier molecular flexibility index (Phi) is 4.58. The minimum absolute atomic E-state index is 0.0459. The number of imidazole rings is 1. The van der Waals surface area contributed by atoms with Crippen molar-refractivity contribution in [3.05, 3.63) is 36.8 Å². The number of furan rings is 1. The van der Waals surface area contributed by atoms with Gasteiger partial charge in [-0.1, -0.05) is 0 Å². The van der Waals surface area contributed by atoms with E-state index in [1.165, 1.54) is 6.33 Å². The van der Waals surface area contributed by atoms with Crippen LogP contribution in [-0.4, -0.2) is 69.4 Å². The predicted octanol–water partition coefficient (Wildman–Crippen LogP) is 0.877. The summed E-state index contributed by atoms with van der Waals surface area (Å²) in [5.74, 6) is 1.64. The molecule has 0 saturated carbocycles. The number of hydrogen-bond acceptors (Lipinski definition) is 8. The highest BCUT2D eigenvalue weighted by Gasteiger charge is 2.30. The van der Waals surface area contributed by atoms with Crippen LogP contribution in [0.3, 0.4) is 0 Å². The first kappa shape index (κ1) is 17.0. The lowest BCUT2D eigenvalue weighted by atomic mass is 10.2. The number of rotatable bonds is 5. The average Bonchev–Trinajstić information content (AvgIpc) is 3.30. The molecule has 1 saturated heterocycles. The van der Waals surface area contributed by atoms with Crippen molar-refractivity contribution in [2.45, 2.75) is 18.9 Å². The molecule has 0 spiro atoms. The third-order valence-corrected chi connectivity index (χ3v) is 4.46. The fourth-order valence-corrected chi connectivity index (χ4v) is 3.28. The zero-order valence-electron chi connectivity index (χ0n) is 14.8. The van der Waals surface area contributed by atoms with Crippen LogP contribution in [0.5, 0.6) is 0 Å². The van der Waals surface area contributed by atoms with Crippen molar-refractivity contribution in [2.24, 2.45) is 0 Å². The number of nitrogens with zero attached hydrogens (tertiary/aromatic N) is 6. The van der Waals surface area contributed by atoms with Crippen LogP contribution < -0.4 is 4.90 Å². The third-order valence-electron chi connectivity index (χ3n) is 4.46. The predicted molar refractivity (Wildman–Crippen MR) is 94.6 cm³/mol. The second kappa shape index (κ2) is 7.02. The van der Waals surface area contributed by atoms with E-state index in [9.17, 15) is 5.11 Å². The van der Waals surface area contributed by atoms with Gasteiger partial charge < -0.3 is 19.2 Å². The lowest BCUT2D eigenvalue weighted by molar-refractivity contribution is -0.136. The normalized spacial score (nSPS) is 21.3. The number of hydrogen-bond donors (Lipinski definition) is 1. The number of aromatic nitrogens is 4. The molecule has 4 heterocycles. The molecule has 1 fully saturated rings. The number of aliphatic hydroxyl groups excluding tert-OH is 1. The van der Waals surface area contributed by atoms with Crippen molar-refractivity contribution in [2.75, 3.05) is 38.7 Å². The van der Waals surface area contributed by atoms with Gasteiger partial charge in [0.25, 0.3) is 0 Å². The molecule has 138 valence electrons. The molecule has 3 aromatic heterocycles. The second-order valence-electron chi connectivity index (χ2n) is 6.58. The van der Waals surface area contributed by atoms with Crippen LogP contribution in [0.4, 0.5) is 5.82 Å². The zero-order chi connectivity index (χ0) is 18.1. The first-order valence-corrected chi connectivity index (χ1v) is 8.51. The number of morpholine rings is 1. The molecule has 0 aliphatic carbocycles. The van der Waals surface area contributed by atoms with Crippen molar-refractivity contribution in [3.8, 4) is 0 Å². The number of fused-ring (bicyclic) bond motifs is 1. The van der Waals surface area contributed by atoms with Crippen LogP contribution in [0.15, 0.2) is 35.5 Å². The molecular formula is C17H22N6O3. The van der Waals surface area contributed by atoms with E-state index in [2.05, 4.69) is 19.9 Å². The smallest absolute Gasteiger partial charge is 0.167 e. The van der Waals surface area contributed by atoms with E-state index in [0.29, 0.717) is 25.3 Å². The van der Waals surface area contributed by atoms with E-state index >= 15 is 0 Å². The first-order chi connectivity index (χ1) is 12.7. The highest BCUT2D eigenvalue weighted by Crippen LogP contribution is 2.27. The van der Waals surface area contributed by atoms with Gasteiger partial charge in [-0.25, -0.2) is 15.0 Å². The molecule has 1 aliphatic heterocycles. The van der Waals surface area contributed by atoms with Crippen molar-refractivity contribution < 1.29 is 14.3 Å². The van der Waals surface area contributed by atoms with Crippen molar-refractivity contribution in [1.29, 1.82) is 0 Å². The van der Waals surface area contributed by atoms with Gasteiger partial charge in [-0.2, -0.15) is 0 Å². The van der Waals surface area contributed by atoms with Crippen LogP contribution in [-0.2, 0) is 11.3 Å². The van der Waals surface area contributed by atoms with Crippen molar-refractivity contribution in [1.82, 2.24) is 24.4 Å². The van der Waals surface area contributed by atoms with E-state index in [4.69, 9.17) is 9.15 Å². The molecule has 1 aliphatic rings. The standard InChI is InChI=1S/C17H22N6O3/c1-21(2)16-15-17(19-10-18-16)23(11-20-15)14-8-22(7-13(9-24)26-14)6-12-4-3-5-25-12/h3-5,10-11,13-14,24H,6-9H2,1-2H3/t13-,14+/m0/s1. The van der Waals surface area contributed by atoms with Crippen molar-refractivity contribution in [3.63, 3.8) is 0 Å². The lowest BCUT2D eigenvalue weighted by Crippen LogP contribution is -2.46. The van der Waals surface area contributed by atoms with Gasteiger partial charge in [-0.15, -0.1) is 0 Å². The molecule has 2 atom stereocenters. The summed E-state index contributed by atoms with van der Waals surface area (Å²) in [6, 6.07) is 3.82. The average molecular weight is 358 g/mol. The minimum atomic E-state index is -0.300. The van der Waals surface area contributed by atoms with E-state index in [-0.39, 0.29) is 18.9 Å². The Labute approximate surface area is 150 Å². The Balaban J connectivity index is 1.63. The molecule has 3 aromatic rings. The van der Waals surface area contributed by atoms with Gasteiger partial charge >= 0.3 is 0 Å². The van der Waals surface area contributed by atoms with Gasteiger partial charge in [0.15, 0.2) is 17.0 Å². The minimum Gasteiger partial charge on any atom is -0.468 e. The summed E-state index contributed by atoms with van der Waals surface area (Å²) < 4.78 is 13.4. The summed E-state index contributed by atoms with van der Waals surface area (Å²) in [5.41, 5.74) is 1.44. The largest absolute Gasteiger partial charge is 0.468 e. The monoisotopic (exact) mass is 358 g/mol. The third kappa shape index (κ3) is 3.16. The Bertz CT molecular complexity index is 863. The first-order valence-electron chi connectivity index (χ1n) is 8.51. The zero-order valence-corrected chi connectivity index (χ0v) is 14.8.